The normalized spacial score (nSPS) is 9.36. The maximum atomic E-state index is 7.00. The summed E-state index contributed by atoms with van der Waals surface area (Å²) in [5, 5.41) is 12.2. The summed E-state index contributed by atoms with van der Waals surface area (Å²) in [6.07, 6.45) is 0. The van der Waals surface area contributed by atoms with Crippen LogP contribution in [0.2, 0.25) is 0 Å². The Morgan fingerprint density at radius 2 is 0.500 bits per heavy atom. The zero-order chi connectivity index (χ0) is 15.6. The number of aliphatic hydroxyl groups is 1. The summed E-state index contributed by atoms with van der Waals surface area (Å²) in [5.41, 5.74) is 0. The van der Waals surface area contributed by atoms with Crippen molar-refractivity contribution in [3.05, 3.63) is 97.1 Å². The summed E-state index contributed by atoms with van der Waals surface area (Å²) in [4.78, 5) is 0. The molecule has 0 fully saturated rings. The zero-order valence-corrected chi connectivity index (χ0v) is 12.7. The SMILES string of the molecule is CO.c1ccc2ccccc2c1.c1ccc2ccccc2c1. The summed E-state index contributed by atoms with van der Waals surface area (Å²) in [6.45, 7) is 0. The highest BCUT2D eigenvalue weighted by Crippen LogP contribution is 2.11. The molecule has 4 aromatic rings. The molecular weight excluding hydrogens is 268 g/mol. The van der Waals surface area contributed by atoms with E-state index in [1.165, 1.54) is 21.5 Å². The van der Waals surface area contributed by atoms with Crippen LogP contribution in [0, 0.1) is 0 Å². The van der Waals surface area contributed by atoms with Gasteiger partial charge in [-0.15, -0.1) is 0 Å². The minimum atomic E-state index is 1.00. The van der Waals surface area contributed by atoms with E-state index in [0.717, 1.165) is 7.11 Å². The van der Waals surface area contributed by atoms with Crippen molar-refractivity contribution < 1.29 is 5.11 Å². The Labute approximate surface area is 131 Å². The van der Waals surface area contributed by atoms with Crippen LogP contribution in [0.1, 0.15) is 0 Å². The number of hydrogen-bond acceptors (Lipinski definition) is 1. The maximum absolute atomic E-state index is 7.00. The van der Waals surface area contributed by atoms with Gasteiger partial charge in [-0.1, -0.05) is 97.1 Å². The Bertz CT molecular complexity index is 619. The number of hydrogen-bond donors (Lipinski definition) is 1. The van der Waals surface area contributed by atoms with E-state index in [-0.39, 0.29) is 0 Å². The predicted molar refractivity (Wildman–Crippen MR) is 96.0 cm³/mol. The lowest BCUT2D eigenvalue weighted by Gasteiger charge is -1.92. The molecule has 0 atom stereocenters. The van der Waals surface area contributed by atoms with E-state index >= 15 is 0 Å². The van der Waals surface area contributed by atoms with Crippen LogP contribution >= 0.6 is 0 Å². The van der Waals surface area contributed by atoms with Crippen molar-refractivity contribution in [2.24, 2.45) is 0 Å². The molecule has 0 amide bonds. The molecule has 0 aromatic heterocycles. The maximum Gasteiger partial charge on any atom is 0.0319 e. The Morgan fingerprint density at radius 3 is 0.636 bits per heavy atom. The molecule has 0 heterocycles. The van der Waals surface area contributed by atoms with E-state index in [1.807, 2.05) is 0 Å². The van der Waals surface area contributed by atoms with Gasteiger partial charge in [-0.3, -0.25) is 0 Å². The average Bonchev–Trinajstić information content (AvgIpc) is 2.64. The van der Waals surface area contributed by atoms with Gasteiger partial charge in [0.15, 0.2) is 0 Å². The first-order valence-electron chi connectivity index (χ1n) is 7.26. The van der Waals surface area contributed by atoms with Gasteiger partial charge in [0.2, 0.25) is 0 Å². The van der Waals surface area contributed by atoms with Crippen LogP contribution in [0.15, 0.2) is 97.1 Å². The summed E-state index contributed by atoms with van der Waals surface area (Å²) in [6, 6.07) is 33.4. The van der Waals surface area contributed by atoms with Gasteiger partial charge in [0.05, 0.1) is 0 Å². The van der Waals surface area contributed by atoms with Gasteiger partial charge in [-0.2, -0.15) is 0 Å². The van der Waals surface area contributed by atoms with Crippen LogP contribution in [-0.2, 0) is 0 Å². The molecule has 0 unspecified atom stereocenters. The third kappa shape index (κ3) is 4.18. The van der Waals surface area contributed by atoms with Crippen molar-refractivity contribution in [3.63, 3.8) is 0 Å². The lowest BCUT2D eigenvalue weighted by atomic mass is 10.1. The van der Waals surface area contributed by atoms with Gasteiger partial charge in [-0.25, -0.2) is 0 Å². The Kier molecular flexibility index (Phi) is 6.16. The van der Waals surface area contributed by atoms with Crippen LogP contribution in [0.25, 0.3) is 21.5 Å². The summed E-state index contributed by atoms with van der Waals surface area (Å²) in [7, 11) is 1.00. The smallest absolute Gasteiger partial charge is 0.0319 e. The molecule has 110 valence electrons. The van der Waals surface area contributed by atoms with E-state index in [4.69, 9.17) is 5.11 Å². The van der Waals surface area contributed by atoms with Crippen molar-refractivity contribution in [2.75, 3.05) is 7.11 Å². The van der Waals surface area contributed by atoms with Crippen LogP contribution < -0.4 is 0 Å². The molecule has 1 heteroatoms. The zero-order valence-electron chi connectivity index (χ0n) is 12.7. The summed E-state index contributed by atoms with van der Waals surface area (Å²) in [5.74, 6) is 0. The van der Waals surface area contributed by atoms with Crippen molar-refractivity contribution in [2.45, 2.75) is 0 Å². The molecule has 0 saturated heterocycles. The molecule has 0 saturated carbocycles. The first kappa shape index (κ1) is 15.7. The summed E-state index contributed by atoms with van der Waals surface area (Å²) >= 11 is 0. The molecule has 0 aliphatic heterocycles. The van der Waals surface area contributed by atoms with Gasteiger partial charge in [0.1, 0.15) is 0 Å². The van der Waals surface area contributed by atoms with Gasteiger partial charge in [0, 0.05) is 7.11 Å². The molecule has 0 aliphatic carbocycles. The number of benzene rings is 4. The van der Waals surface area contributed by atoms with Gasteiger partial charge in [0.25, 0.3) is 0 Å². The summed E-state index contributed by atoms with van der Waals surface area (Å²) < 4.78 is 0. The molecule has 0 radical (unpaired) electrons. The van der Waals surface area contributed by atoms with Gasteiger partial charge < -0.3 is 5.11 Å². The largest absolute Gasteiger partial charge is 0.400 e. The third-order valence-electron chi connectivity index (χ3n) is 3.32. The van der Waals surface area contributed by atoms with Crippen molar-refractivity contribution in [3.8, 4) is 0 Å². The fourth-order valence-corrected chi connectivity index (χ4v) is 2.27. The molecule has 1 N–H and O–H groups in total. The van der Waals surface area contributed by atoms with Crippen molar-refractivity contribution in [1.82, 2.24) is 0 Å². The number of aliphatic hydroxyl groups excluding tert-OH is 1. The van der Waals surface area contributed by atoms with Crippen LogP contribution in [0.4, 0.5) is 0 Å². The second-order valence-electron chi connectivity index (χ2n) is 4.69. The van der Waals surface area contributed by atoms with E-state index in [2.05, 4.69) is 97.1 Å². The van der Waals surface area contributed by atoms with E-state index < -0.39 is 0 Å². The molecule has 0 aliphatic rings. The molecule has 4 aromatic carbocycles. The van der Waals surface area contributed by atoms with Crippen LogP contribution in [0.3, 0.4) is 0 Å². The molecular formula is C21H20O. The van der Waals surface area contributed by atoms with Crippen molar-refractivity contribution in [1.29, 1.82) is 0 Å². The standard InChI is InChI=1S/2C10H8.CH4O/c2*1-2-6-10-8-4-3-7-9(10)5-1;1-2/h2*1-8H;2H,1H3. The number of fused-ring (bicyclic) bond motifs is 2. The molecule has 1 nitrogen and oxygen atoms in total. The first-order valence-corrected chi connectivity index (χ1v) is 7.26. The fraction of sp³-hybridized carbons (Fsp3) is 0.0476. The molecule has 0 bridgehead atoms. The van der Waals surface area contributed by atoms with E-state index in [1.54, 1.807) is 0 Å². The molecule has 4 rings (SSSR count). The fourth-order valence-electron chi connectivity index (χ4n) is 2.27. The molecule has 22 heavy (non-hydrogen) atoms. The van der Waals surface area contributed by atoms with E-state index in [0.29, 0.717) is 0 Å². The number of rotatable bonds is 0. The Morgan fingerprint density at radius 1 is 0.364 bits per heavy atom. The Balaban J connectivity index is 0.000000144. The third-order valence-corrected chi connectivity index (χ3v) is 3.32. The monoisotopic (exact) mass is 288 g/mol. The Hall–Kier alpha value is -2.64. The van der Waals surface area contributed by atoms with Gasteiger partial charge in [-0.05, 0) is 21.5 Å². The lowest BCUT2D eigenvalue weighted by molar-refractivity contribution is 0.399. The minimum absolute atomic E-state index is 1.00. The van der Waals surface area contributed by atoms with Crippen molar-refractivity contribution >= 4 is 21.5 Å². The molecule has 0 spiro atoms. The highest BCUT2D eigenvalue weighted by atomic mass is 16.2. The second kappa shape index (κ2) is 8.60. The highest BCUT2D eigenvalue weighted by molar-refractivity contribution is 5.82. The van der Waals surface area contributed by atoms with Crippen LogP contribution in [-0.4, -0.2) is 12.2 Å². The minimum Gasteiger partial charge on any atom is -0.400 e. The average molecular weight is 288 g/mol. The predicted octanol–water partition coefficient (Wildman–Crippen LogP) is 5.29. The second-order valence-corrected chi connectivity index (χ2v) is 4.69. The lowest BCUT2D eigenvalue weighted by Crippen LogP contribution is -1.67. The van der Waals surface area contributed by atoms with Gasteiger partial charge >= 0.3 is 0 Å². The van der Waals surface area contributed by atoms with E-state index in [9.17, 15) is 0 Å². The first-order chi connectivity index (χ1) is 10.9. The van der Waals surface area contributed by atoms with Crippen LogP contribution in [0.5, 0.6) is 0 Å². The topological polar surface area (TPSA) is 20.2 Å². The quantitative estimate of drug-likeness (QED) is 0.466. The highest BCUT2D eigenvalue weighted by Gasteiger charge is 1.86.